The molecule has 0 saturated heterocycles. The third kappa shape index (κ3) is 4.07. The monoisotopic (exact) mass is 356 g/mol. The van der Waals surface area contributed by atoms with Crippen LogP contribution in [0.25, 0.3) is 5.65 Å². The van der Waals surface area contributed by atoms with E-state index in [4.69, 9.17) is 16.3 Å². The van der Waals surface area contributed by atoms with E-state index in [1.54, 1.807) is 20.8 Å². The number of rotatable bonds is 5. The Bertz CT molecular complexity index is 822. The summed E-state index contributed by atoms with van der Waals surface area (Å²) in [5.74, 6) is -1.06. The van der Waals surface area contributed by atoms with Crippen molar-refractivity contribution in [1.29, 1.82) is 0 Å². The van der Waals surface area contributed by atoms with Crippen LogP contribution in [0.4, 0.5) is 0 Å². The van der Waals surface area contributed by atoms with E-state index in [2.05, 4.69) is 20.6 Å². The maximum absolute atomic E-state index is 12.1. The summed E-state index contributed by atoms with van der Waals surface area (Å²) >= 11 is 5.57. The van der Waals surface area contributed by atoms with E-state index in [1.165, 1.54) is 6.33 Å². The zero-order chi connectivity index (χ0) is 17.9. The molecular weight excluding hydrogens is 340 g/mol. The number of amides is 1. The number of imidazole rings is 1. The minimum atomic E-state index is -0.660. The number of nitrogens with zero attached hydrogens (tertiary/aromatic N) is 5. The fourth-order valence-electron chi connectivity index (χ4n) is 1.83. The number of carbonyl (C=O) groups excluding carboxylic acids is 2. The lowest BCUT2D eigenvalue weighted by atomic mass is 10.2. The molecular formula is C13H17ClN6O4. The number of aromatic nitrogens is 5. The number of nitrogens with one attached hydrogen (secondary N) is 1. The molecule has 2 rings (SSSR count). The number of aryl methyl sites for hydroxylation is 1. The topological polar surface area (TPSA) is 120 Å². The van der Waals surface area contributed by atoms with E-state index in [9.17, 15) is 14.4 Å². The predicted octanol–water partition coefficient (Wildman–Crippen LogP) is -0.404. The van der Waals surface area contributed by atoms with Gasteiger partial charge in [-0.3, -0.25) is 9.59 Å². The lowest BCUT2D eigenvalue weighted by molar-refractivity contribution is -0.153. The fraction of sp³-hybridized carbons (Fsp3) is 0.538. The molecule has 2 aromatic heterocycles. The highest BCUT2D eigenvalue weighted by molar-refractivity contribution is 6.17. The van der Waals surface area contributed by atoms with Crippen molar-refractivity contribution in [3.05, 3.63) is 22.5 Å². The minimum Gasteiger partial charge on any atom is -0.459 e. The Labute approximate surface area is 141 Å². The highest BCUT2D eigenvalue weighted by Crippen LogP contribution is 2.07. The number of ether oxygens (including phenoxy) is 1. The summed E-state index contributed by atoms with van der Waals surface area (Å²) in [5.41, 5.74) is -1.28. The summed E-state index contributed by atoms with van der Waals surface area (Å²) < 4.78 is 7.23. The molecule has 2 aromatic rings. The van der Waals surface area contributed by atoms with E-state index in [0.717, 1.165) is 9.08 Å². The first-order chi connectivity index (χ1) is 11.2. The van der Waals surface area contributed by atoms with Crippen LogP contribution in [0.2, 0.25) is 0 Å². The number of fused-ring (bicyclic) bond motifs is 1. The summed E-state index contributed by atoms with van der Waals surface area (Å²) in [6.45, 7) is 5.01. The Morgan fingerprint density at radius 3 is 2.71 bits per heavy atom. The van der Waals surface area contributed by atoms with Crippen molar-refractivity contribution >= 4 is 29.1 Å². The van der Waals surface area contributed by atoms with E-state index in [1.807, 2.05) is 0 Å². The molecule has 11 heteroatoms. The first-order valence-electron chi connectivity index (χ1n) is 7.10. The number of halogens is 1. The molecule has 0 unspecified atom stereocenters. The van der Waals surface area contributed by atoms with Crippen molar-refractivity contribution in [2.75, 3.05) is 12.4 Å². The van der Waals surface area contributed by atoms with Crippen LogP contribution in [0, 0.1) is 0 Å². The van der Waals surface area contributed by atoms with Crippen molar-refractivity contribution in [2.24, 2.45) is 0 Å². The Balaban J connectivity index is 2.15. The molecule has 0 aliphatic heterocycles. The minimum absolute atomic E-state index is 0.00693. The molecule has 0 spiro atoms. The standard InChI is InChI=1S/C13H17ClN6O4/c1-13(2,3)24-8(21)6-15-11(22)9-10-17-18-20(5-4-14)12(23)19(10)7-16-9/h7H,4-6H2,1-3H3,(H,15,22). The van der Waals surface area contributed by atoms with Crippen molar-refractivity contribution in [2.45, 2.75) is 32.9 Å². The van der Waals surface area contributed by atoms with E-state index < -0.39 is 23.2 Å². The molecule has 1 N–H and O–H groups in total. The number of carbonyl (C=O) groups is 2. The van der Waals surface area contributed by atoms with Gasteiger partial charge in [-0.25, -0.2) is 14.2 Å². The van der Waals surface area contributed by atoms with Gasteiger partial charge in [-0.1, -0.05) is 5.21 Å². The summed E-state index contributed by atoms with van der Waals surface area (Å²) in [6, 6.07) is 0. The van der Waals surface area contributed by atoms with Gasteiger partial charge >= 0.3 is 11.7 Å². The molecule has 24 heavy (non-hydrogen) atoms. The molecule has 0 radical (unpaired) electrons. The third-order valence-electron chi connectivity index (χ3n) is 2.74. The molecule has 0 atom stereocenters. The second-order valence-corrected chi connectivity index (χ2v) is 6.22. The quantitative estimate of drug-likeness (QED) is 0.571. The summed E-state index contributed by atoms with van der Waals surface area (Å²) in [6.07, 6.45) is 1.17. The van der Waals surface area contributed by atoms with Crippen LogP contribution in [-0.4, -0.2) is 54.3 Å². The highest BCUT2D eigenvalue weighted by atomic mass is 35.5. The summed E-state index contributed by atoms with van der Waals surface area (Å²) in [4.78, 5) is 39.7. The normalized spacial score (nSPS) is 11.5. The molecule has 1 amide bonds. The van der Waals surface area contributed by atoms with E-state index >= 15 is 0 Å². The van der Waals surface area contributed by atoms with Gasteiger partial charge in [-0.2, -0.15) is 4.68 Å². The zero-order valence-electron chi connectivity index (χ0n) is 13.4. The zero-order valence-corrected chi connectivity index (χ0v) is 14.2. The van der Waals surface area contributed by atoms with Gasteiger partial charge < -0.3 is 10.1 Å². The predicted molar refractivity (Wildman–Crippen MR) is 83.9 cm³/mol. The molecule has 0 fully saturated rings. The Kier molecular flexibility index (Phi) is 5.17. The van der Waals surface area contributed by atoms with Crippen molar-refractivity contribution in [1.82, 2.24) is 29.7 Å². The number of hydrogen-bond acceptors (Lipinski definition) is 7. The van der Waals surface area contributed by atoms with Gasteiger partial charge in [-0.15, -0.1) is 16.7 Å². The number of alkyl halides is 1. The van der Waals surface area contributed by atoms with E-state index in [0.29, 0.717) is 0 Å². The number of esters is 1. The molecule has 130 valence electrons. The van der Waals surface area contributed by atoms with Crippen LogP contribution in [-0.2, 0) is 16.1 Å². The van der Waals surface area contributed by atoms with Gasteiger partial charge in [0.05, 0.1) is 6.54 Å². The van der Waals surface area contributed by atoms with Gasteiger partial charge in [-0.05, 0) is 20.8 Å². The molecule has 0 aliphatic carbocycles. The van der Waals surface area contributed by atoms with Crippen LogP contribution >= 0.6 is 11.6 Å². The van der Waals surface area contributed by atoms with Gasteiger partial charge in [0.25, 0.3) is 5.91 Å². The fourth-order valence-corrected chi connectivity index (χ4v) is 1.99. The molecule has 0 saturated carbocycles. The van der Waals surface area contributed by atoms with Crippen molar-refractivity contribution in [3.8, 4) is 0 Å². The van der Waals surface area contributed by atoms with Gasteiger partial charge in [0.1, 0.15) is 18.5 Å². The lowest BCUT2D eigenvalue weighted by Crippen LogP contribution is -2.35. The lowest BCUT2D eigenvalue weighted by Gasteiger charge is -2.19. The van der Waals surface area contributed by atoms with Crippen LogP contribution in [0.1, 0.15) is 31.3 Å². The maximum Gasteiger partial charge on any atom is 0.353 e. The first-order valence-corrected chi connectivity index (χ1v) is 7.63. The largest absolute Gasteiger partial charge is 0.459 e. The maximum atomic E-state index is 12.1. The number of hydrogen-bond donors (Lipinski definition) is 1. The molecule has 0 aliphatic rings. The van der Waals surface area contributed by atoms with Gasteiger partial charge in [0.2, 0.25) is 0 Å². The third-order valence-corrected chi connectivity index (χ3v) is 2.91. The van der Waals surface area contributed by atoms with Crippen LogP contribution < -0.4 is 11.0 Å². The van der Waals surface area contributed by atoms with Crippen LogP contribution in [0.5, 0.6) is 0 Å². The molecule has 2 heterocycles. The van der Waals surface area contributed by atoms with Crippen molar-refractivity contribution < 1.29 is 14.3 Å². The Hall–Kier alpha value is -2.49. The SMILES string of the molecule is CC(C)(C)OC(=O)CNC(=O)c1ncn2c(=O)n(CCCl)nnc12. The van der Waals surface area contributed by atoms with Gasteiger partial charge in [0.15, 0.2) is 11.3 Å². The molecule has 10 nitrogen and oxygen atoms in total. The smallest absolute Gasteiger partial charge is 0.353 e. The molecule has 0 bridgehead atoms. The first kappa shape index (κ1) is 17.9. The summed E-state index contributed by atoms with van der Waals surface area (Å²) in [5, 5.41) is 9.87. The second kappa shape index (κ2) is 6.95. The van der Waals surface area contributed by atoms with Crippen LogP contribution in [0.15, 0.2) is 11.1 Å². The van der Waals surface area contributed by atoms with E-state index in [-0.39, 0.29) is 30.3 Å². The van der Waals surface area contributed by atoms with Gasteiger partial charge in [0, 0.05) is 5.88 Å². The highest BCUT2D eigenvalue weighted by Gasteiger charge is 2.20. The average Bonchev–Trinajstić information content (AvgIpc) is 2.91. The molecule has 0 aromatic carbocycles. The van der Waals surface area contributed by atoms with Crippen molar-refractivity contribution in [3.63, 3.8) is 0 Å². The van der Waals surface area contributed by atoms with Crippen LogP contribution in [0.3, 0.4) is 0 Å². The second-order valence-electron chi connectivity index (χ2n) is 5.84. The average molecular weight is 357 g/mol. The Morgan fingerprint density at radius 2 is 2.08 bits per heavy atom. The summed E-state index contributed by atoms with van der Waals surface area (Å²) in [7, 11) is 0. The Morgan fingerprint density at radius 1 is 1.38 bits per heavy atom.